The summed E-state index contributed by atoms with van der Waals surface area (Å²) in [6.07, 6.45) is 2.28. The van der Waals surface area contributed by atoms with Crippen molar-refractivity contribution < 1.29 is 28.6 Å². The van der Waals surface area contributed by atoms with Crippen LogP contribution in [0.15, 0.2) is 18.3 Å². The van der Waals surface area contributed by atoms with Crippen molar-refractivity contribution in [2.24, 2.45) is 0 Å². The number of carbonyl (C=O) groups is 3. The van der Waals surface area contributed by atoms with Crippen LogP contribution in [0.3, 0.4) is 0 Å². The van der Waals surface area contributed by atoms with E-state index < -0.39 is 29.9 Å². The van der Waals surface area contributed by atoms with E-state index in [1.54, 1.807) is 0 Å². The Hall–Kier alpha value is -2.75. The average Bonchev–Trinajstić information content (AvgIpc) is 3.16. The fraction of sp³-hybridized carbons (Fsp3) is 0.556. The largest absolute Gasteiger partial charge is 0.711 e. The number of urea groups is 1. The number of halogens is 1. The number of aliphatic hydroxyl groups excluding tert-OH is 1. The second-order valence-electron chi connectivity index (χ2n) is 6.68. The summed E-state index contributed by atoms with van der Waals surface area (Å²) < 4.78 is 13.3. The van der Waals surface area contributed by atoms with E-state index in [-0.39, 0.29) is 17.1 Å². The molecule has 154 valence electrons. The van der Waals surface area contributed by atoms with Gasteiger partial charge in [-0.25, -0.2) is 24.0 Å². The van der Waals surface area contributed by atoms with Crippen molar-refractivity contribution in [3.8, 4) is 0 Å². The summed E-state index contributed by atoms with van der Waals surface area (Å²) >= 11 is 0. The third kappa shape index (κ3) is 5.38. The van der Waals surface area contributed by atoms with Gasteiger partial charge in [0.05, 0.1) is 6.54 Å². The molecular weight excluding hydrogens is 371 g/mol. The van der Waals surface area contributed by atoms with Crippen molar-refractivity contribution in [1.82, 2.24) is 9.80 Å². The van der Waals surface area contributed by atoms with Crippen LogP contribution in [0.1, 0.15) is 32.6 Å². The third-order valence-electron chi connectivity index (χ3n) is 4.55. The molecule has 3 amide bonds. The number of pyridine rings is 1. The molecule has 0 radical (unpaired) electrons. The van der Waals surface area contributed by atoms with Gasteiger partial charge >= 0.3 is 11.9 Å². The maximum atomic E-state index is 13.0. The number of carbonyl (C=O) groups excluding carboxylic acids is 3. The first-order chi connectivity index (χ1) is 13.4. The summed E-state index contributed by atoms with van der Waals surface area (Å²) in [5.74, 6) is -1.41. The monoisotopic (exact) mass is 396 g/mol. The van der Waals surface area contributed by atoms with Crippen molar-refractivity contribution >= 4 is 24.0 Å². The number of nitrogens with zero attached hydrogens (tertiary/aromatic N) is 3. The molecule has 1 aliphatic heterocycles. The number of amides is 3. The predicted molar refractivity (Wildman–Crippen MR) is 97.7 cm³/mol. The zero-order valence-electron chi connectivity index (χ0n) is 15.7. The molecule has 0 aliphatic carbocycles. The highest BCUT2D eigenvalue weighted by molar-refractivity contribution is 5.96. The third-order valence-corrected chi connectivity index (χ3v) is 4.55. The minimum Gasteiger partial charge on any atom is -0.711 e. The van der Waals surface area contributed by atoms with Gasteiger partial charge in [0.2, 0.25) is 0 Å². The van der Waals surface area contributed by atoms with Crippen LogP contribution in [-0.2, 0) is 9.59 Å². The standard InChI is InChI=1S/C18H25FN4O5/c1-2-3-8-21(11-14(25)12-24)18(27)22-9-4-5-15(22)17(26)20-16-7-6-13(19)10-23(16)28/h6-7,10,12,14-15,25H,2-5,8-9,11H2,1H3,(H,20,26)/t14?,15-/m0/s1. The van der Waals surface area contributed by atoms with Crippen molar-refractivity contribution in [1.29, 1.82) is 0 Å². The summed E-state index contributed by atoms with van der Waals surface area (Å²) in [7, 11) is 0. The molecule has 28 heavy (non-hydrogen) atoms. The van der Waals surface area contributed by atoms with Crippen molar-refractivity contribution in [3.05, 3.63) is 29.4 Å². The fourth-order valence-electron chi connectivity index (χ4n) is 3.10. The van der Waals surface area contributed by atoms with Gasteiger partial charge in [-0.2, -0.15) is 0 Å². The lowest BCUT2D eigenvalue weighted by molar-refractivity contribution is -0.591. The molecule has 2 rings (SSSR count). The van der Waals surface area contributed by atoms with Gasteiger partial charge in [-0.15, -0.1) is 0 Å². The van der Waals surface area contributed by atoms with E-state index in [2.05, 4.69) is 5.32 Å². The molecule has 0 saturated carbocycles. The minimum absolute atomic E-state index is 0.134. The zero-order valence-corrected chi connectivity index (χ0v) is 15.7. The number of hydrogen-bond acceptors (Lipinski definition) is 5. The molecular formula is C18H25FN4O5. The van der Waals surface area contributed by atoms with E-state index in [1.165, 1.54) is 9.80 Å². The summed E-state index contributed by atoms with van der Waals surface area (Å²) in [5.41, 5.74) is 0. The highest BCUT2D eigenvalue weighted by Gasteiger charge is 2.38. The van der Waals surface area contributed by atoms with Crippen LogP contribution in [0, 0.1) is 11.0 Å². The highest BCUT2D eigenvalue weighted by Crippen LogP contribution is 2.21. The first kappa shape index (κ1) is 21.5. The molecule has 2 atom stereocenters. The topological polar surface area (TPSA) is 117 Å². The molecule has 1 unspecified atom stereocenters. The van der Waals surface area contributed by atoms with E-state index in [0.29, 0.717) is 44.8 Å². The second-order valence-corrected chi connectivity index (χ2v) is 6.68. The summed E-state index contributed by atoms with van der Waals surface area (Å²) in [6.45, 7) is 2.50. The number of anilines is 1. The van der Waals surface area contributed by atoms with E-state index in [4.69, 9.17) is 0 Å². The SMILES string of the molecule is CCCCN(CC(O)C=O)C(=O)N1CCC[C@H]1C(=O)Nc1ccc(F)c[n+]1[O-]. The Morgan fingerprint density at radius 2 is 2.29 bits per heavy atom. The van der Waals surface area contributed by atoms with E-state index in [1.807, 2.05) is 6.92 Å². The van der Waals surface area contributed by atoms with Gasteiger partial charge in [0.25, 0.3) is 5.82 Å². The Morgan fingerprint density at radius 3 is 2.93 bits per heavy atom. The number of likely N-dealkylation sites (tertiary alicyclic amines) is 1. The molecule has 10 heteroatoms. The quantitative estimate of drug-likeness (QED) is 0.380. The van der Waals surface area contributed by atoms with E-state index >= 15 is 0 Å². The zero-order chi connectivity index (χ0) is 20.7. The fourth-order valence-corrected chi connectivity index (χ4v) is 3.10. The lowest BCUT2D eigenvalue weighted by Gasteiger charge is -2.31. The predicted octanol–water partition coefficient (Wildman–Crippen LogP) is 0.644. The van der Waals surface area contributed by atoms with E-state index in [0.717, 1.165) is 18.6 Å². The van der Waals surface area contributed by atoms with Crippen LogP contribution in [0.2, 0.25) is 0 Å². The normalized spacial score (nSPS) is 17.2. The van der Waals surface area contributed by atoms with Crippen LogP contribution in [-0.4, -0.2) is 64.9 Å². The number of unbranched alkanes of at least 4 members (excludes halogenated alkanes) is 1. The van der Waals surface area contributed by atoms with Gasteiger partial charge in [0.15, 0.2) is 5.82 Å². The Morgan fingerprint density at radius 1 is 1.54 bits per heavy atom. The molecule has 1 saturated heterocycles. The first-order valence-electron chi connectivity index (χ1n) is 9.25. The lowest BCUT2D eigenvalue weighted by atomic mass is 10.2. The summed E-state index contributed by atoms with van der Waals surface area (Å²) in [4.78, 5) is 39.0. The highest BCUT2D eigenvalue weighted by atomic mass is 19.1. The second kappa shape index (κ2) is 9.98. The van der Waals surface area contributed by atoms with E-state index in [9.17, 15) is 29.1 Å². The number of nitrogens with one attached hydrogen (secondary N) is 1. The molecule has 1 aromatic rings. The number of rotatable bonds is 8. The van der Waals surface area contributed by atoms with Crippen LogP contribution >= 0.6 is 0 Å². The van der Waals surface area contributed by atoms with Gasteiger partial charge in [-0.05, 0) is 25.3 Å². The number of aliphatic hydroxyl groups is 1. The number of aromatic nitrogens is 1. The Labute approximate surface area is 162 Å². The van der Waals surface area contributed by atoms with Crippen molar-refractivity contribution in [3.63, 3.8) is 0 Å². The van der Waals surface area contributed by atoms with Crippen LogP contribution in [0.25, 0.3) is 0 Å². The Balaban J connectivity index is 2.10. The molecule has 1 aromatic heterocycles. The van der Waals surface area contributed by atoms with Gasteiger partial charge < -0.3 is 24.9 Å². The molecule has 1 aliphatic rings. The summed E-state index contributed by atoms with van der Waals surface area (Å²) in [6, 6.07) is 0.959. The number of aldehydes is 1. The first-order valence-corrected chi connectivity index (χ1v) is 9.25. The van der Waals surface area contributed by atoms with Crippen molar-refractivity contribution in [2.45, 2.75) is 44.8 Å². The van der Waals surface area contributed by atoms with Crippen LogP contribution in [0.4, 0.5) is 15.0 Å². The minimum atomic E-state index is -1.30. The molecule has 2 N–H and O–H groups in total. The maximum Gasteiger partial charge on any atom is 0.330 e. The van der Waals surface area contributed by atoms with Gasteiger partial charge in [0.1, 0.15) is 24.6 Å². The van der Waals surface area contributed by atoms with Crippen molar-refractivity contribution in [2.75, 3.05) is 25.0 Å². The molecule has 0 bridgehead atoms. The summed E-state index contributed by atoms with van der Waals surface area (Å²) in [5, 5.41) is 23.7. The molecule has 0 aromatic carbocycles. The maximum absolute atomic E-state index is 13.0. The van der Waals surface area contributed by atoms with Crippen LogP contribution in [0.5, 0.6) is 0 Å². The van der Waals surface area contributed by atoms with Gasteiger partial charge in [-0.1, -0.05) is 13.3 Å². The smallest absolute Gasteiger partial charge is 0.330 e. The molecule has 2 heterocycles. The average molecular weight is 396 g/mol. The Kier molecular flexibility index (Phi) is 7.68. The lowest BCUT2D eigenvalue weighted by Crippen LogP contribution is -2.51. The Bertz CT molecular complexity index is 717. The number of hydrogen-bond donors (Lipinski definition) is 2. The van der Waals surface area contributed by atoms with Gasteiger partial charge in [0, 0.05) is 19.2 Å². The molecule has 1 fully saturated rings. The molecule has 9 nitrogen and oxygen atoms in total. The molecule has 0 spiro atoms. The van der Waals surface area contributed by atoms with Crippen LogP contribution < -0.4 is 10.0 Å². The van der Waals surface area contributed by atoms with Gasteiger partial charge in [-0.3, -0.25) is 0 Å².